The highest BCUT2D eigenvalue weighted by atomic mass is 16.5. The van der Waals surface area contributed by atoms with E-state index in [-0.39, 0.29) is 12.5 Å². The summed E-state index contributed by atoms with van der Waals surface area (Å²) in [4.78, 5) is 12.4. The van der Waals surface area contributed by atoms with Crippen molar-refractivity contribution in [3.8, 4) is 17.2 Å². The van der Waals surface area contributed by atoms with Crippen LogP contribution in [0.5, 0.6) is 17.2 Å². The summed E-state index contributed by atoms with van der Waals surface area (Å²) >= 11 is 0. The number of ether oxygens (including phenoxy) is 3. The summed E-state index contributed by atoms with van der Waals surface area (Å²) in [5.41, 5.74) is 3.03. The number of nitrogens with zero attached hydrogens (tertiary/aromatic N) is 2. The lowest BCUT2D eigenvalue weighted by Gasteiger charge is -2.14. The maximum atomic E-state index is 12.4. The van der Waals surface area contributed by atoms with E-state index in [0.717, 1.165) is 16.7 Å². The van der Waals surface area contributed by atoms with Crippen LogP contribution in [0.4, 0.5) is 5.82 Å². The van der Waals surface area contributed by atoms with Gasteiger partial charge in [-0.25, -0.2) is 4.68 Å². The molecule has 152 valence electrons. The number of methoxy groups -OCH3 is 2. The molecule has 0 radical (unpaired) electrons. The zero-order valence-corrected chi connectivity index (χ0v) is 17.1. The third-order valence-electron chi connectivity index (χ3n) is 4.70. The van der Waals surface area contributed by atoms with Gasteiger partial charge in [0, 0.05) is 11.6 Å². The molecule has 1 heterocycles. The average Bonchev–Trinajstić information content (AvgIpc) is 3.15. The van der Waals surface area contributed by atoms with Crippen molar-refractivity contribution in [1.29, 1.82) is 0 Å². The number of hydrogen-bond donors (Lipinski definition) is 1. The number of hydrogen-bond acceptors (Lipinski definition) is 5. The summed E-state index contributed by atoms with van der Waals surface area (Å²) in [6.07, 6.45) is 1.63. The SMILES string of the molecule is COc1cccc(Cn2nccc2NC(=O)COc2cccc(C)c2C)c1OC. The molecule has 0 aliphatic carbocycles. The lowest BCUT2D eigenvalue weighted by molar-refractivity contribution is -0.118. The number of aryl methyl sites for hydroxylation is 1. The lowest BCUT2D eigenvalue weighted by atomic mass is 10.1. The minimum Gasteiger partial charge on any atom is -0.493 e. The number of para-hydroxylation sites is 1. The molecule has 7 heteroatoms. The Morgan fingerprint density at radius 2 is 1.79 bits per heavy atom. The summed E-state index contributed by atoms with van der Waals surface area (Å²) in [6, 6.07) is 13.2. The molecule has 0 spiro atoms. The Bertz CT molecular complexity index is 997. The molecule has 29 heavy (non-hydrogen) atoms. The molecule has 1 aromatic heterocycles. The first-order valence-electron chi connectivity index (χ1n) is 9.24. The van der Waals surface area contributed by atoms with Crippen molar-refractivity contribution in [2.75, 3.05) is 26.1 Å². The van der Waals surface area contributed by atoms with Gasteiger partial charge < -0.3 is 19.5 Å². The van der Waals surface area contributed by atoms with Gasteiger partial charge in [0.25, 0.3) is 5.91 Å². The second-order valence-electron chi connectivity index (χ2n) is 6.56. The van der Waals surface area contributed by atoms with Gasteiger partial charge in [0.2, 0.25) is 0 Å². The van der Waals surface area contributed by atoms with E-state index in [2.05, 4.69) is 10.4 Å². The topological polar surface area (TPSA) is 74.6 Å². The summed E-state index contributed by atoms with van der Waals surface area (Å²) in [7, 11) is 3.19. The molecule has 0 unspecified atom stereocenters. The number of aromatic nitrogens is 2. The van der Waals surface area contributed by atoms with Crippen LogP contribution in [0.3, 0.4) is 0 Å². The Morgan fingerprint density at radius 3 is 2.55 bits per heavy atom. The molecule has 7 nitrogen and oxygen atoms in total. The molecule has 0 aliphatic rings. The lowest BCUT2D eigenvalue weighted by Crippen LogP contribution is -2.22. The minimum atomic E-state index is -0.259. The smallest absolute Gasteiger partial charge is 0.263 e. The van der Waals surface area contributed by atoms with Gasteiger partial charge in [-0.1, -0.05) is 24.3 Å². The Kier molecular flexibility index (Phi) is 6.39. The molecule has 0 bridgehead atoms. The second kappa shape index (κ2) is 9.14. The van der Waals surface area contributed by atoms with Crippen molar-refractivity contribution in [3.05, 3.63) is 65.4 Å². The monoisotopic (exact) mass is 395 g/mol. The summed E-state index contributed by atoms with van der Waals surface area (Å²) in [5, 5.41) is 7.15. The summed E-state index contributed by atoms with van der Waals surface area (Å²) < 4.78 is 18.2. The molecule has 0 saturated heterocycles. The quantitative estimate of drug-likeness (QED) is 0.631. The van der Waals surface area contributed by atoms with Crippen LogP contribution in [0.1, 0.15) is 16.7 Å². The van der Waals surface area contributed by atoms with Crippen LogP contribution in [-0.4, -0.2) is 36.5 Å². The molecular formula is C22H25N3O4. The predicted molar refractivity (Wildman–Crippen MR) is 111 cm³/mol. The Balaban J connectivity index is 1.68. The van der Waals surface area contributed by atoms with E-state index >= 15 is 0 Å². The minimum absolute atomic E-state index is 0.0854. The van der Waals surface area contributed by atoms with E-state index in [9.17, 15) is 4.79 Å². The summed E-state index contributed by atoms with van der Waals surface area (Å²) in [6.45, 7) is 4.31. The van der Waals surface area contributed by atoms with Crippen LogP contribution in [0, 0.1) is 13.8 Å². The van der Waals surface area contributed by atoms with Crippen LogP contribution in [0.15, 0.2) is 48.7 Å². The number of nitrogens with one attached hydrogen (secondary N) is 1. The molecule has 0 atom stereocenters. The van der Waals surface area contributed by atoms with Crippen molar-refractivity contribution in [2.24, 2.45) is 0 Å². The van der Waals surface area contributed by atoms with Crippen LogP contribution >= 0.6 is 0 Å². The molecule has 0 aliphatic heterocycles. The maximum absolute atomic E-state index is 12.4. The maximum Gasteiger partial charge on any atom is 0.263 e. The molecule has 1 amide bonds. The van der Waals surface area contributed by atoms with Crippen molar-refractivity contribution in [1.82, 2.24) is 9.78 Å². The third kappa shape index (κ3) is 4.68. The van der Waals surface area contributed by atoms with E-state index in [1.54, 1.807) is 31.2 Å². The van der Waals surface area contributed by atoms with Crippen molar-refractivity contribution >= 4 is 11.7 Å². The van der Waals surface area contributed by atoms with E-state index in [1.165, 1.54) is 0 Å². The third-order valence-corrected chi connectivity index (χ3v) is 4.70. The molecular weight excluding hydrogens is 370 g/mol. The molecule has 0 fully saturated rings. The zero-order valence-electron chi connectivity index (χ0n) is 17.1. The second-order valence-corrected chi connectivity index (χ2v) is 6.56. The largest absolute Gasteiger partial charge is 0.493 e. The Labute approximate surface area is 170 Å². The number of carbonyl (C=O) groups is 1. The highest BCUT2D eigenvalue weighted by molar-refractivity contribution is 5.91. The first kappa shape index (κ1) is 20.3. The van der Waals surface area contributed by atoms with Crippen molar-refractivity contribution in [2.45, 2.75) is 20.4 Å². The zero-order chi connectivity index (χ0) is 20.8. The molecule has 3 rings (SSSR count). The highest BCUT2D eigenvalue weighted by Gasteiger charge is 2.14. The standard InChI is InChI=1S/C22H25N3O4/c1-15-7-5-9-18(16(15)2)29-14-21(26)24-20-11-12-23-25(20)13-17-8-6-10-19(27-3)22(17)28-4/h5-12H,13-14H2,1-4H3,(H,24,26). The van der Waals surface area contributed by atoms with E-state index in [0.29, 0.717) is 29.6 Å². The van der Waals surface area contributed by atoms with Crippen LogP contribution in [-0.2, 0) is 11.3 Å². The van der Waals surface area contributed by atoms with Crippen LogP contribution < -0.4 is 19.5 Å². The Morgan fingerprint density at radius 1 is 1.03 bits per heavy atom. The molecule has 0 saturated carbocycles. The van der Waals surface area contributed by atoms with Crippen LogP contribution in [0.2, 0.25) is 0 Å². The van der Waals surface area contributed by atoms with Crippen molar-refractivity contribution in [3.63, 3.8) is 0 Å². The van der Waals surface area contributed by atoms with E-state index < -0.39 is 0 Å². The van der Waals surface area contributed by atoms with Gasteiger partial charge in [-0.15, -0.1) is 0 Å². The normalized spacial score (nSPS) is 10.5. The molecule has 2 aromatic carbocycles. The van der Waals surface area contributed by atoms with Gasteiger partial charge in [0.05, 0.1) is 27.0 Å². The Hall–Kier alpha value is -3.48. The number of rotatable bonds is 8. The number of benzene rings is 2. The number of carbonyl (C=O) groups excluding carboxylic acids is 1. The first-order valence-corrected chi connectivity index (χ1v) is 9.24. The van der Waals surface area contributed by atoms with E-state index in [4.69, 9.17) is 14.2 Å². The number of anilines is 1. The van der Waals surface area contributed by atoms with Gasteiger partial charge in [-0.2, -0.15) is 5.10 Å². The first-order chi connectivity index (χ1) is 14.0. The van der Waals surface area contributed by atoms with Gasteiger partial charge >= 0.3 is 0 Å². The highest BCUT2D eigenvalue weighted by Crippen LogP contribution is 2.31. The summed E-state index contributed by atoms with van der Waals surface area (Å²) in [5.74, 6) is 2.30. The fraction of sp³-hybridized carbons (Fsp3) is 0.273. The fourth-order valence-corrected chi connectivity index (χ4v) is 3.01. The van der Waals surface area contributed by atoms with Gasteiger partial charge in [0.15, 0.2) is 18.1 Å². The molecule has 1 N–H and O–H groups in total. The van der Waals surface area contributed by atoms with Gasteiger partial charge in [-0.3, -0.25) is 4.79 Å². The molecule has 3 aromatic rings. The average molecular weight is 395 g/mol. The predicted octanol–water partition coefficient (Wildman–Crippen LogP) is 3.58. The van der Waals surface area contributed by atoms with E-state index in [1.807, 2.05) is 50.2 Å². The number of amides is 1. The van der Waals surface area contributed by atoms with Crippen molar-refractivity contribution < 1.29 is 19.0 Å². The van der Waals surface area contributed by atoms with Crippen LogP contribution in [0.25, 0.3) is 0 Å². The fourth-order valence-electron chi connectivity index (χ4n) is 3.01. The van der Waals surface area contributed by atoms with Gasteiger partial charge in [0.1, 0.15) is 11.6 Å². The van der Waals surface area contributed by atoms with Gasteiger partial charge in [-0.05, 0) is 37.1 Å².